The van der Waals surface area contributed by atoms with Gasteiger partial charge in [-0.2, -0.15) is 9.64 Å². The molecule has 2 rings (SSSR count). The third-order valence-corrected chi connectivity index (χ3v) is 3.24. The Morgan fingerprint density at radius 2 is 2.28 bits per heavy atom. The first-order chi connectivity index (χ1) is 8.65. The van der Waals surface area contributed by atoms with Crippen molar-refractivity contribution < 1.29 is 9.13 Å². The van der Waals surface area contributed by atoms with Crippen LogP contribution in [0.25, 0.3) is 0 Å². The molecule has 1 heterocycles. The van der Waals surface area contributed by atoms with E-state index in [1.807, 2.05) is 0 Å². The van der Waals surface area contributed by atoms with Gasteiger partial charge in [0.2, 0.25) is 0 Å². The Balaban J connectivity index is 2.29. The van der Waals surface area contributed by atoms with Crippen molar-refractivity contribution in [3.63, 3.8) is 0 Å². The second-order valence-electron chi connectivity index (χ2n) is 3.56. The van der Waals surface area contributed by atoms with E-state index in [2.05, 4.69) is 15.8 Å². The van der Waals surface area contributed by atoms with Crippen molar-refractivity contribution in [3.8, 4) is 11.8 Å². The van der Waals surface area contributed by atoms with E-state index in [0.29, 0.717) is 21.9 Å². The van der Waals surface area contributed by atoms with Crippen LogP contribution in [0.2, 0.25) is 0 Å². The predicted octanol–water partition coefficient (Wildman–Crippen LogP) is 3.21. The second kappa shape index (κ2) is 5.02. The number of anilines is 2. The Bertz CT molecular complexity index is 618. The van der Waals surface area contributed by atoms with Gasteiger partial charge in [0.25, 0.3) is 0 Å². The minimum atomic E-state index is -0.456. The summed E-state index contributed by atoms with van der Waals surface area (Å²) < 4.78 is 22.4. The fourth-order valence-corrected chi connectivity index (χ4v) is 2.23. The molecule has 6 heteroatoms. The molecular weight excluding hydrogens is 253 g/mol. The summed E-state index contributed by atoms with van der Waals surface area (Å²) in [5, 5.41) is 12.6. The number of hydrogen-bond acceptors (Lipinski definition) is 5. The fraction of sp³-hybridized carbons (Fsp3) is 0.167. The molecule has 0 saturated heterocycles. The van der Waals surface area contributed by atoms with Crippen LogP contribution in [0.15, 0.2) is 18.2 Å². The van der Waals surface area contributed by atoms with Gasteiger partial charge < -0.3 is 10.1 Å². The summed E-state index contributed by atoms with van der Waals surface area (Å²) in [7, 11) is 1.41. The molecular formula is C12H10FN3OS. The van der Waals surface area contributed by atoms with E-state index in [1.54, 1.807) is 13.0 Å². The highest BCUT2D eigenvalue weighted by molar-refractivity contribution is 7.10. The summed E-state index contributed by atoms with van der Waals surface area (Å²) in [6.45, 7) is 1.76. The number of nitrogens with zero attached hydrogens (tertiary/aromatic N) is 2. The lowest BCUT2D eigenvalue weighted by Gasteiger charge is -2.06. The van der Waals surface area contributed by atoms with Gasteiger partial charge in [0.1, 0.15) is 16.6 Å². The first-order valence-electron chi connectivity index (χ1n) is 5.12. The molecule has 4 nitrogen and oxygen atoms in total. The molecule has 0 fully saturated rings. The molecule has 0 unspecified atom stereocenters. The van der Waals surface area contributed by atoms with Crippen molar-refractivity contribution in [2.75, 3.05) is 12.4 Å². The van der Waals surface area contributed by atoms with Crippen molar-refractivity contribution in [2.45, 2.75) is 6.92 Å². The van der Waals surface area contributed by atoms with E-state index >= 15 is 0 Å². The zero-order valence-electron chi connectivity index (χ0n) is 9.82. The fourth-order valence-electron chi connectivity index (χ4n) is 1.46. The molecule has 1 aromatic carbocycles. The number of nitriles is 1. The smallest absolute Gasteiger partial charge is 0.167 e. The van der Waals surface area contributed by atoms with Gasteiger partial charge in [0, 0.05) is 11.8 Å². The number of halogens is 1. The second-order valence-corrected chi connectivity index (χ2v) is 4.33. The molecule has 0 radical (unpaired) electrons. The monoisotopic (exact) mass is 263 g/mol. The van der Waals surface area contributed by atoms with Crippen molar-refractivity contribution >= 4 is 22.2 Å². The van der Waals surface area contributed by atoms with Gasteiger partial charge in [-0.25, -0.2) is 4.39 Å². The van der Waals surface area contributed by atoms with E-state index < -0.39 is 5.82 Å². The van der Waals surface area contributed by atoms with Crippen molar-refractivity contribution in [1.82, 2.24) is 4.37 Å². The van der Waals surface area contributed by atoms with Crippen LogP contribution in [0.1, 0.15) is 11.3 Å². The lowest BCUT2D eigenvalue weighted by molar-refractivity contribution is 0.386. The van der Waals surface area contributed by atoms with E-state index in [0.717, 1.165) is 0 Å². The summed E-state index contributed by atoms with van der Waals surface area (Å²) in [5.41, 5.74) is 1.70. The summed E-state index contributed by atoms with van der Waals surface area (Å²) in [6, 6.07) is 6.59. The Morgan fingerprint density at radius 3 is 2.89 bits per heavy atom. The van der Waals surface area contributed by atoms with Crippen LogP contribution >= 0.6 is 11.5 Å². The van der Waals surface area contributed by atoms with Crippen LogP contribution in [0, 0.1) is 24.1 Å². The van der Waals surface area contributed by atoms with Gasteiger partial charge >= 0.3 is 0 Å². The van der Waals surface area contributed by atoms with Gasteiger partial charge in [-0.05, 0) is 30.6 Å². The maximum Gasteiger partial charge on any atom is 0.167 e. The maximum absolute atomic E-state index is 13.5. The number of benzene rings is 1. The number of ether oxygens (including phenoxy) is 1. The molecule has 0 amide bonds. The van der Waals surface area contributed by atoms with E-state index in [9.17, 15) is 4.39 Å². The topological polar surface area (TPSA) is 57.9 Å². The molecule has 0 bridgehead atoms. The highest BCUT2D eigenvalue weighted by Gasteiger charge is 2.11. The molecule has 92 valence electrons. The minimum absolute atomic E-state index is 0.182. The molecule has 0 saturated carbocycles. The van der Waals surface area contributed by atoms with Crippen LogP contribution in [0.4, 0.5) is 15.1 Å². The Morgan fingerprint density at radius 1 is 1.50 bits per heavy atom. The van der Waals surface area contributed by atoms with Crippen LogP contribution in [0.5, 0.6) is 5.75 Å². The van der Waals surface area contributed by atoms with Gasteiger partial charge in [0.05, 0.1) is 12.8 Å². The molecule has 0 atom stereocenters. The molecule has 2 aromatic rings. The Hall–Kier alpha value is -2.13. The van der Waals surface area contributed by atoms with Gasteiger partial charge in [-0.1, -0.05) is 0 Å². The first kappa shape index (κ1) is 12.3. The average molecular weight is 263 g/mol. The summed E-state index contributed by atoms with van der Waals surface area (Å²) >= 11 is 1.17. The number of rotatable bonds is 3. The number of nitrogens with one attached hydrogen (secondary N) is 1. The highest BCUT2D eigenvalue weighted by Crippen LogP contribution is 2.29. The zero-order chi connectivity index (χ0) is 13.1. The lowest BCUT2D eigenvalue weighted by Crippen LogP contribution is -1.93. The highest BCUT2D eigenvalue weighted by atomic mass is 32.1. The molecule has 0 aliphatic heterocycles. The van der Waals surface area contributed by atoms with Crippen LogP contribution in [0.3, 0.4) is 0 Å². The van der Waals surface area contributed by atoms with Crippen LogP contribution in [-0.2, 0) is 0 Å². The molecule has 0 aliphatic rings. The van der Waals surface area contributed by atoms with Crippen molar-refractivity contribution in [1.29, 1.82) is 5.26 Å². The molecule has 0 spiro atoms. The first-order valence-corrected chi connectivity index (χ1v) is 5.90. The maximum atomic E-state index is 13.5. The SMILES string of the molecule is COc1ccc(Nc2snc(C)c2C#N)cc1F. The average Bonchev–Trinajstić information content (AvgIpc) is 2.70. The molecule has 0 aliphatic carbocycles. The summed E-state index contributed by atoms with van der Waals surface area (Å²) in [5.74, 6) is -0.274. The summed E-state index contributed by atoms with van der Waals surface area (Å²) in [4.78, 5) is 0. The van der Waals surface area contributed by atoms with E-state index in [4.69, 9.17) is 10.00 Å². The normalized spacial score (nSPS) is 9.89. The quantitative estimate of drug-likeness (QED) is 0.923. The third-order valence-electron chi connectivity index (χ3n) is 2.38. The number of aromatic nitrogens is 1. The minimum Gasteiger partial charge on any atom is -0.494 e. The molecule has 1 N–H and O–H groups in total. The number of aryl methyl sites for hydroxylation is 1. The van der Waals surface area contributed by atoms with Crippen molar-refractivity contribution in [2.24, 2.45) is 0 Å². The zero-order valence-corrected chi connectivity index (χ0v) is 10.6. The Kier molecular flexibility index (Phi) is 3.44. The van der Waals surface area contributed by atoms with Crippen LogP contribution in [-0.4, -0.2) is 11.5 Å². The standard InChI is InChI=1S/C12H10FN3OS/c1-7-9(6-14)12(18-16-7)15-8-3-4-11(17-2)10(13)5-8/h3-5,15H,1-2H3. The van der Waals surface area contributed by atoms with Crippen molar-refractivity contribution in [3.05, 3.63) is 35.3 Å². The summed E-state index contributed by atoms with van der Waals surface area (Å²) in [6.07, 6.45) is 0. The lowest BCUT2D eigenvalue weighted by atomic mass is 10.2. The molecule has 1 aromatic heterocycles. The molecule has 18 heavy (non-hydrogen) atoms. The van der Waals surface area contributed by atoms with E-state index in [1.165, 1.54) is 30.8 Å². The number of methoxy groups -OCH3 is 1. The van der Waals surface area contributed by atoms with Gasteiger partial charge in [0.15, 0.2) is 11.6 Å². The Labute approximate surface area is 108 Å². The van der Waals surface area contributed by atoms with E-state index in [-0.39, 0.29) is 5.75 Å². The predicted molar refractivity (Wildman–Crippen MR) is 67.8 cm³/mol. The van der Waals surface area contributed by atoms with Crippen LogP contribution < -0.4 is 10.1 Å². The number of hydrogen-bond donors (Lipinski definition) is 1. The largest absolute Gasteiger partial charge is 0.494 e. The van der Waals surface area contributed by atoms with Gasteiger partial charge in [-0.15, -0.1) is 0 Å². The van der Waals surface area contributed by atoms with Gasteiger partial charge in [-0.3, -0.25) is 0 Å². The third kappa shape index (κ3) is 2.26.